The highest BCUT2D eigenvalue weighted by Crippen LogP contribution is 2.18. The Morgan fingerprint density at radius 2 is 1.65 bits per heavy atom. The fourth-order valence-corrected chi connectivity index (χ4v) is 4.77. The number of benzene rings is 2. The number of hydrogen-bond acceptors (Lipinski definition) is 4. The summed E-state index contributed by atoms with van der Waals surface area (Å²) < 4.78 is 27.1. The van der Waals surface area contributed by atoms with Crippen LogP contribution in [0.4, 0.5) is 0 Å². The smallest absolute Gasteiger partial charge is 0.243 e. The number of nitrogens with zero attached hydrogens (tertiary/aromatic N) is 2. The van der Waals surface area contributed by atoms with Gasteiger partial charge in [-0.2, -0.15) is 4.31 Å². The van der Waals surface area contributed by atoms with Gasteiger partial charge >= 0.3 is 0 Å². The lowest BCUT2D eigenvalue weighted by Crippen LogP contribution is -2.51. The van der Waals surface area contributed by atoms with Crippen LogP contribution in [0.15, 0.2) is 53.4 Å². The molecule has 2 rings (SSSR count). The summed E-state index contributed by atoms with van der Waals surface area (Å²) >= 11 is 0. The van der Waals surface area contributed by atoms with Gasteiger partial charge in [-0.25, -0.2) is 8.42 Å². The van der Waals surface area contributed by atoms with Crippen molar-refractivity contribution < 1.29 is 18.0 Å². The van der Waals surface area contributed by atoms with Crippen molar-refractivity contribution in [2.75, 3.05) is 20.1 Å². The van der Waals surface area contributed by atoms with Gasteiger partial charge in [0.15, 0.2) is 0 Å². The van der Waals surface area contributed by atoms with Crippen molar-refractivity contribution in [3.63, 3.8) is 0 Å². The summed E-state index contributed by atoms with van der Waals surface area (Å²) in [6.45, 7) is 8.14. The molecule has 0 aliphatic heterocycles. The maximum atomic E-state index is 13.5. The van der Waals surface area contributed by atoms with E-state index in [9.17, 15) is 18.0 Å². The molecule has 2 amide bonds. The SMILES string of the molecule is CCCCNC(=O)C(CC)N(Cc1ccccc1C)C(=O)CN(C)S(=O)(=O)c1ccc(C)cc1. The number of unbranched alkanes of at least 4 members (excludes halogenated alkanes) is 1. The van der Waals surface area contributed by atoms with Crippen LogP contribution < -0.4 is 5.32 Å². The topological polar surface area (TPSA) is 86.8 Å². The monoisotopic (exact) mass is 487 g/mol. The molecule has 7 nitrogen and oxygen atoms in total. The fraction of sp³-hybridized carbons (Fsp3) is 0.462. The first-order valence-electron chi connectivity index (χ1n) is 11.8. The minimum absolute atomic E-state index is 0.128. The fourth-order valence-electron chi connectivity index (χ4n) is 3.65. The van der Waals surface area contributed by atoms with E-state index in [1.54, 1.807) is 12.1 Å². The van der Waals surface area contributed by atoms with Gasteiger partial charge in [-0.15, -0.1) is 0 Å². The second-order valence-electron chi connectivity index (χ2n) is 8.59. The molecule has 186 valence electrons. The van der Waals surface area contributed by atoms with Gasteiger partial charge in [0.05, 0.1) is 11.4 Å². The molecule has 0 fully saturated rings. The molecule has 1 atom stereocenters. The zero-order valence-corrected chi connectivity index (χ0v) is 21.7. The van der Waals surface area contributed by atoms with Crippen molar-refractivity contribution in [2.45, 2.75) is 64.4 Å². The van der Waals surface area contributed by atoms with Crippen LogP contribution in [0.25, 0.3) is 0 Å². The lowest BCUT2D eigenvalue weighted by molar-refractivity contribution is -0.141. The number of rotatable bonds is 12. The van der Waals surface area contributed by atoms with Crippen molar-refractivity contribution in [3.05, 3.63) is 65.2 Å². The minimum Gasteiger partial charge on any atom is -0.354 e. The molecule has 0 saturated carbocycles. The molecule has 8 heteroatoms. The molecule has 2 aromatic carbocycles. The molecule has 0 spiro atoms. The molecule has 1 N–H and O–H groups in total. The highest BCUT2D eigenvalue weighted by molar-refractivity contribution is 7.89. The summed E-state index contributed by atoms with van der Waals surface area (Å²) in [5.41, 5.74) is 2.86. The second-order valence-corrected chi connectivity index (χ2v) is 10.6. The Balaban J connectivity index is 2.30. The zero-order chi connectivity index (χ0) is 25.3. The number of nitrogens with one attached hydrogen (secondary N) is 1. The predicted molar refractivity (Wildman–Crippen MR) is 135 cm³/mol. The third kappa shape index (κ3) is 7.14. The van der Waals surface area contributed by atoms with E-state index in [0.717, 1.165) is 33.8 Å². The van der Waals surface area contributed by atoms with E-state index in [1.807, 2.05) is 52.0 Å². The Bertz CT molecular complexity index is 1070. The number of carbonyl (C=O) groups is 2. The maximum Gasteiger partial charge on any atom is 0.243 e. The standard InChI is InChI=1S/C26H37N3O4S/c1-6-8-17-27-26(31)24(7-2)29(18-22-12-10-9-11-21(22)4)25(30)19-28(5)34(32,33)23-15-13-20(3)14-16-23/h9-16,24H,6-8,17-19H2,1-5H3,(H,27,31). The summed E-state index contributed by atoms with van der Waals surface area (Å²) in [7, 11) is -2.46. The third-order valence-electron chi connectivity index (χ3n) is 5.90. The molecule has 0 bridgehead atoms. The number of carbonyl (C=O) groups excluding carboxylic acids is 2. The number of aryl methyl sites for hydroxylation is 2. The molecular formula is C26H37N3O4S. The molecule has 2 aromatic rings. The van der Waals surface area contributed by atoms with E-state index in [2.05, 4.69) is 5.32 Å². The lowest BCUT2D eigenvalue weighted by atomic mass is 10.1. The van der Waals surface area contributed by atoms with E-state index in [0.29, 0.717) is 13.0 Å². The summed E-state index contributed by atoms with van der Waals surface area (Å²) in [6.07, 6.45) is 2.22. The Morgan fingerprint density at radius 1 is 1.00 bits per heavy atom. The van der Waals surface area contributed by atoms with Crippen LogP contribution in [0, 0.1) is 13.8 Å². The molecule has 1 unspecified atom stereocenters. The molecular weight excluding hydrogens is 450 g/mol. The zero-order valence-electron chi connectivity index (χ0n) is 20.9. The Labute approximate surface area is 204 Å². The summed E-state index contributed by atoms with van der Waals surface area (Å²) in [4.78, 5) is 28.1. The molecule has 0 saturated heterocycles. The second kappa shape index (κ2) is 12.7. The van der Waals surface area contributed by atoms with E-state index in [-0.39, 0.29) is 23.9 Å². The van der Waals surface area contributed by atoms with E-state index < -0.39 is 22.0 Å². The van der Waals surface area contributed by atoms with E-state index >= 15 is 0 Å². The van der Waals surface area contributed by atoms with Crippen LogP contribution in [0.3, 0.4) is 0 Å². The minimum atomic E-state index is -3.85. The highest BCUT2D eigenvalue weighted by atomic mass is 32.2. The average molecular weight is 488 g/mol. The molecule has 0 heterocycles. The molecule has 34 heavy (non-hydrogen) atoms. The van der Waals surface area contributed by atoms with Crippen LogP contribution in [0.2, 0.25) is 0 Å². The first kappa shape index (κ1) is 27.5. The van der Waals surface area contributed by atoms with Gasteiger partial charge < -0.3 is 10.2 Å². The van der Waals surface area contributed by atoms with Crippen molar-refractivity contribution in [3.8, 4) is 0 Å². The normalized spacial score (nSPS) is 12.4. The van der Waals surface area contributed by atoms with Gasteiger partial charge in [0.25, 0.3) is 0 Å². The Kier molecular flexibility index (Phi) is 10.3. The summed E-state index contributed by atoms with van der Waals surface area (Å²) in [5.74, 6) is -0.638. The summed E-state index contributed by atoms with van der Waals surface area (Å²) in [5, 5.41) is 2.92. The maximum absolute atomic E-state index is 13.5. The van der Waals surface area contributed by atoms with Crippen molar-refractivity contribution in [1.82, 2.24) is 14.5 Å². The quantitative estimate of drug-likeness (QED) is 0.463. The van der Waals surface area contributed by atoms with Crippen LogP contribution in [0.5, 0.6) is 0 Å². The van der Waals surface area contributed by atoms with Gasteiger partial charge in [0, 0.05) is 20.1 Å². The van der Waals surface area contributed by atoms with Crippen LogP contribution in [-0.2, 0) is 26.2 Å². The predicted octanol–water partition coefficient (Wildman–Crippen LogP) is 3.65. The Morgan fingerprint density at radius 3 is 2.24 bits per heavy atom. The first-order valence-corrected chi connectivity index (χ1v) is 13.2. The van der Waals surface area contributed by atoms with Gasteiger partial charge in [0.2, 0.25) is 21.8 Å². The lowest BCUT2D eigenvalue weighted by Gasteiger charge is -2.32. The average Bonchev–Trinajstić information content (AvgIpc) is 2.80. The van der Waals surface area contributed by atoms with Gasteiger partial charge in [-0.05, 0) is 49.9 Å². The largest absolute Gasteiger partial charge is 0.354 e. The molecule has 0 aromatic heterocycles. The molecule has 0 aliphatic carbocycles. The van der Waals surface area contributed by atoms with Gasteiger partial charge in [0.1, 0.15) is 6.04 Å². The van der Waals surface area contributed by atoms with Crippen LogP contribution in [0.1, 0.15) is 49.8 Å². The van der Waals surface area contributed by atoms with Crippen molar-refractivity contribution >= 4 is 21.8 Å². The number of amides is 2. The summed E-state index contributed by atoms with van der Waals surface area (Å²) in [6, 6.07) is 13.5. The first-order chi connectivity index (χ1) is 16.1. The number of sulfonamides is 1. The number of hydrogen-bond donors (Lipinski definition) is 1. The van der Waals surface area contributed by atoms with Crippen molar-refractivity contribution in [2.24, 2.45) is 0 Å². The van der Waals surface area contributed by atoms with Crippen molar-refractivity contribution in [1.29, 1.82) is 0 Å². The van der Waals surface area contributed by atoms with Crippen LogP contribution in [-0.4, -0.2) is 55.6 Å². The van der Waals surface area contributed by atoms with Gasteiger partial charge in [-0.3, -0.25) is 9.59 Å². The highest BCUT2D eigenvalue weighted by Gasteiger charge is 2.31. The Hall–Kier alpha value is -2.71. The third-order valence-corrected chi connectivity index (χ3v) is 7.72. The number of likely N-dealkylation sites (N-methyl/N-ethyl adjacent to an activating group) is 1. The van der Waals surface area contributed by atoms with E-state index in [1.165, 1.54) is 24.1 Å². The van der Waals surface area contributed by atoms with Crippen LogP contribution >= 0.6 is 0 Å². The molecule has 0 radical (unpaired) electrons. The van der Waals surface area contributed by atoms with Gasteiger partial charge in [-0.1, -0.05) is 62.2 Å². The molecule has 0 aliphatic rings. The van der Waals surface area contributed by atoms with E-state index in [4.69, 9.17) is 0 Å².